The van der Waals surface area contributed by atoms with Crippen molar-refractivity contribution in [3.63, 3.8) is 0 Å². The van der Waals surface area contributed by atoms with Gasteiger partial charge in [-0.15, -0.1) is 5.10 Å². The molecule has 0 saturated carbocycles. The van der Waals surface area contributed by atoms with Crippen LogP contribution >= 0.6 is 0 Å². The predicted molar refractivity (Wildman–Crippen MR) is 153 cm³/mol. The molecule has 0 atom stereocenters. The Hall–Kier alpha value is -3.68. The molecule has 0 unspecified atom stereocenters. The molecule has 2 aromatic carbocycles. The van der Waals surface area contributed by atoms with E-state index in [2.05, 4.69) is 24.2 Å². The van der Waals surface area contributed by atoms with Crippen LogP contribution in [-0.4, -0.2) is 51.9 Å². The summed E-state index contributed by atoms with van der Waals surface area (Å²) in [5, 5.41) is 8.62. The van der Waals surface area contributed by atoms with Crippen LogP contribution < -0.4 is 9.64 Å². The zero-order valence-electron chi connectivity index (χ0n) is 23.7. The molecule has 0 bridgehead atoms. The third kappa shape index (κ3) is 7.05. The molecule has 0 saturated heterocycles. The Kier molecular flexibility index (Phi) is 9.74. The number of benzene rings is 2. The van der Waals surface area contributed by atoms with Crippen LogP contribution in [0.2, 0.25) is 0 Å². The van der Waals surface area contributed by atoms with E-state index in [1.807, 2.05) is 65.3 Å². The summed E-state index contributed by atoms with van der Waals surface area (Å²) in [4.78, 5) is 31.1. The molecule has 2 heterocycles. The second-order valence-corrected chi connectivity index (χ2v) is 10.8. The van der Waals surface area contributed by atoms with E-state index in [0.717, 1.165) is 61.2 Å². The number of methoxy groups -OCH3 is 1. The minimum absolute atomic E-state index is 0.142. The molecule has 4 rings (SSSR count). The number of aromatic nitrogens is 3. The highest BCUT2D eigenvalue weighted by molar-refractivity contribution is 5.95. The van der Waals surface area contributed by atoms with Crippen LogP contribution in [0.15, 0.2) is 48.5 Å². The maximum atomic E-state index is 13.9. The van der Waals surface area contributed by atoms with Crippen LogP contribution in [0.3, 0.4) is 0 Å². The van der Waals surface area contributed by atoms with Crippen molar-refractivity contribution in [2.75, 3.05) is 25.1 Å². The van der Waals surface area contributed by atoms with Crippen molar-refractivity contribution in [2.24, 2.45) is 5.92 Å². The summed E-state index contributed by atoms with van der Waals surface area (Å²) < 4.78 is 6.95. The third-order valence-electron chi connectivity index (χ3n) is 7.29. The van der Waals surface area contributed by atoms with Gasteiger partial charge >= 0.3 is 0 Å². The van der Waals surface area contributed by atoms with E-state index in [4.69, 9.17) is 4.74 Å². The van der Waals surface area contributed by atoms with Gasteiger partial charge in [0.25, 0.3) is 5.91 Å². The second kappa shape index (κ2) is 13.4. The second-order valence-electron chi connectivity index (χ2n) is 10.8. The molecule has 208 valence electrons. The van der Waals surface area contributed by atoms with Gasteiger partial charge in [0, 0.05) is 31.7 Å². The van der Waals surface area contributed by atoms with Gasteiger partial charge in [-0.1, -0.05) is 62.9 Å². The van der Waals surface area contributed by atoms with E-state index in [0.29, 0.717) is 37.4 Å². The van der Waals surface area contributed by atoms with Gasteiger partial charge in [0.15, 0.2) is 5.69 Å². The summed E-state index contributed by atoms with van der Waals surface area (Å²) in [6.45, 7) is 7.76. The Morgan fingerprint density at radius 1 is 0.923 bits per heavy atom. The van der Waals surface area contributed by atoms with Gasteiger partial charge < -0.3 is 14.5 Å². The van der Waals surface area contributed by atoms with E-state index in [-0.39, 0.29) is 17.7 Å². The molecule has 1 aliphatic heterocycles. The molecular weight excluding hydrogens is 490 g/mol. The smallest absolute Gasteiger partial charge is 0.276 e. The van der Waals surface area contributed by atoms with E-state index in [1.54, 1.807) is 11.8 Å². The lowest BCUT2D eigenvalue weighted by atomic mass is 10.1. The molecule has 3 aromatic rings. The number of anilines is 1. The normalized spacial score (nSPS) is 15.2. The molecule has 0 fully saturated rings. The summed E-state index contributed by atoms with van der Waals surface area (Å²) in [6.07, 6.45) is 6.84. The Morgan fingerprint density at radius 2 is 1.59 bits per heavy atom. The van der Waals surface area contributed by atoms with Gasteiger partial charge in [-0.25, -0.2) is 4.68 Å². The molecule has 39 heavy (non-hydrogen) atoms. The van der Waals surface area contributed by atoms with E-state index in [1.165, 1.54) is 0 Å². The standard InChI is InChI=1S/C31H41N5O3/c1-23(2)21-29(37)35-20-12-8-6-5-7-11-19-34(22-25-13-9-10-14-28(25)35)31(38)30-24(3)36(33-32-30)26-15-17-27(39-4)18-16-26/h9-10,13-18,23H,5-8,11-12,19-22H2,1-4H3. The Bertz CT molecular complexity index is 1250. The highest BCUT2D eigenvalue weighted by Gasteiger charge is 2.26. The minimum atomic E-state index is -0.142. The summed E-state index contributed by atoms with van der Waals surface area (Å²) in [7, 11) is 1.63. The SMILES string of the molecule is COc1ccc(-n2nnc(C(=O)N3CCCCCCCCN(C(=O)CC(C)C)c4ccccc4C3)c2C)cc1. The number of carbonyl (C=O) groups excluding carboxylic acids is 2. The highest BCUT2D eigenvalue weighted by Crippen LogP contribution is 2.27. The summed E-state index contributed by atoms with van der Waals surface area (Å²) in [5.41, 5.74) is 3.73. The fourth-order valence-corrected chi connectivity index (χ4v) is 5.13. The van der Waals surface area contributed by atoms with E-state index >= 15 is 0 Å². The largest absolute Gasteiger partial charge is 0.497 e. The van der Waals surface area contributed by atoms with Crippen molar-refractivity contribution in [2.45, 2.75) is 72.3 Å². The molecule has 0 aliphatic carbocycles. The number of nitrogens with zero attached hydrogens (tertiary/aromatic N) is 5. The van der Waals surface area contributed by atoms with Gasteiger partial charge in [0.2, 0.25) is 5.91 Å². The van der Waals surface area contributed by atoms with Crippen molar-refractivity contribution in [3.8, 4) is 11.4 Å². The molecule has 1 aromatic heterocycles. The molecule has 0 N–H and O–H groups in total. The lowest BCUT2D eigenvalue weighted by Crippen LogP contribution is -2.36. The summed E-state index contributed by atoms with van der Waals surface area (Å²) in [5.74, 6) is 1.03. The number of rotatable bonds is 5. The number of para-hydroxylation sites is 1. The average Bonchev–Trinajstić information content (AvgIpc) is 3.32. The quantitative estimate of drug-likeness (QED) is 0.406. The molecule has 0 spiro atoms. The number of fused-ring (bicyclic) bond motifs is 1. The first-order valence-corrected chi connectivity index (χ1v) is 14.1. The van der Waals surface area contributed by atoms with Crippen molar-refractivity contribution in [1.82, 2.24) is 19.9 Å². The van der Waals surface area contributed by atoms with Crippen LogP contribution in [0.25, 0.3) is 5.69 Å². The van der Waals surface area contributed by atoms with Crippen molar-refractivity contribution < 1.29 is 14.3 Å². The first kappa shape index (κ1) is 28.3. The molecule has 8 nitrogen and oxygen atoms in total. The molecular formula is C31H41N5O3. The maximum Gasteiger partial charge on any atom is 0.276 e. The third-order valence-corrected chi connectivity index (χ3v) is 7.29. The molecule has 0 radical (unpaired) electrons. The Balaban J connectivity index is 1.65. The van der Waals surface area contributed by atoms with E-state index < -0.39 is 0 Å². The van der Waals surface area contributed by atoms with Crippen LogP contribution in [-0.2, 0) is 11.3 Å². The summed E-state index contributed by atoms with van der Waals surface area (Å²) in [6, 6.07) is 15.5. The zero-order chi connectivity index (χ0) is 27.8. The topological polar surface area (TPSA) is 80.6 Å². The van der Waals surface area contributed by atoms with Gasteiger partial charge in [-0.2, -0.15) is 0 Å². The van der Waals surface area contributed by atoms with Gasteiger partial charge in [-0.05, 0) is 61.6 Å². The minimum Gasteiger partial charge on any atom is -0.497 e. The van der Waals surface area contributed by atoms with Crippen molar-refractivity contribution in [1.29, 1.82) is 0 Å². The number of carbonyl (C=O) groups is 2. The molecule has 8 heteroatoms. The van der Waals surface area contributed by atoms with Gasteiger partial charge in [0.05, 0.1) is 18.5 Å². The van der Waals surface area contributed by atoms with Crippen molar-refractivity contribution >= 4 is 17.5 Å². The van der Waals surface area contributed by atoms with Crippen molar-refractivity contribution in [3.05, 3.63) is 65.5 Å². The lowest BCUT2D eigenvalue weighted by Gasteiger charge is -2.29. The lowest BCUT2D eigenvalue weighted by molar-refractivity contribution is -0.119. The number of hydrogen-bond donors (Lipinski definition) is 0. The van der Waals surface area contributed by atoms with Crippen LogP contribution in [0.1, 0.15) is 80.5 Å². The zero-order valence-corrected chi connectivity index (χ0v) is 23.7. The van der Waals surface area contributed by atoms with Crippen LogP contribution in [0, 0.1) is 12.8 Å². The summed E-state index contributed by atoms with van der Waals surface area (Å²) >= 11 is 0. The monoisotopic (exact) mass is 531 g/mol. The molecule has 2 amide bonds. The van der Waals surface area contributed by atoms with Gasteiger partial charge in [0.1, 0.15) is 5.75 Å². The maximum absolute atomic E-state index is 13.9. The first-order chi connectivity index (χ1) is 18.9. The molecule has 1 aliphatic rings. The van der Waals surface area contributed by atoms with Gasteiger partial charge in [-0.3, -0.25) is 9.59 Å². The van der Waals surface area contributed by atoms with Crippen LogP contribution in [0.4, 0.5) is 5.69 Å². The Morgan fingerprint density at radius 3 is 2.28 bits per heavy atom. The average molecular weight is 532 g/mol. The predicted octanol–water partition coefficient (Wildman–Crippen LogP) is 5.96. The number of amides is 2. The van der Waals surface area contributed by atoms with Crippen LogP contribution in [0.5, 0.6) is 5.75 Å². The number of ether oxygens (including phenoxy) is 1. The fraction of sp³-hybridized carbons (Fsp3) is 0.484. The first-order valence-electron chi connectivity index (χ1n) is 14.1. The highest BCUT2D eigenvalue weighted by atomic mass is 16.5. The number of hydrogen-bond acceptors (Lipinski definition) is 5. The van der Waals surface area contributed by atoms with E-state index in [9.17, 15) is 9.59 Å². The Labute approximate surface area is 231 Å². The fourth-order valence-electron chi connectivity index (χ4n) is 5.13.